The molecule has 6 nitrogen and oxygen atoms in total. The quantitative estimate of drug-likeness (QED) is 0.837. The Morgan fingerprint density at radius 1 is 1.08 bits per heavy atom. The summed E-state index contributed by atoms with van der Waals surface area (Å²) in [6.07, 6.45) is 1.73. The van der Waals surface area contributed by atoms with Crippen LogP contribution in [0.2, 0.25) is 0 Å². The largest absolute Gasteiger partial charge is 0.573 e. The summed E-state index contributed by atoms with van der Waals surface area (Å²) in [4.78, 5) is 16.4. The topological polar surface area (TPSA) is 60.2 Å². The van der Waals surface area contributed by atoms with Crippen LogP contribution in [0.4, 0.5) is 13.2 Å². The van der Waals surface area contributed by atoms with Crippen LogP contribution in [0, 0.1) is 0 Å². The van der Waals surface area contributed by atoms with Gasteiger partial charge in [-0.1, -0.05) is 6.07 Å². The van der Waals surface area contributed by atoms with Gasteiger partial charge in [-0.25, -0.2) is 0 Å². The van der Waals surface area contributed by atoms with Crippen molar-refractivity contribution < 1.29 is 22.7 Å². The predicted octanol–water partition coefficient (Wildman–Crippen LogP) is 3.19. The van der Waals surface area contributed by atoms with E-state index in [1.807, 2.05) is 4.90 Å². The molecule has 0 radical (unpaired) electrons. The zero-order chi connectivity index (χ0) is 18.3. The summed E-state index contributed by atoms with van der Waals surface area (Å²) < 4.78 is 41.2. The Morgan fingerprint density at radius 3 is 2.35 bits per heavy atom. The van der Waals surface area contributed by atoms with Gasteiger partial charge in [0.1, 0.15) is 5.75 Å². The maximum absolute atomic E-state index is 12.9. The molecule has 0 N–H and O–H groups in total. The molecular weight excluding hydrogens is 349 g/mol. The molecule has 2 atom stereocenters. The van der Waals surface area contributed by atoms with Crippen LogP contribution in [0.25, 0.3) is 0 Å². The fraction of sp³-hybridized carbons (Fsp3) is 0.471. The first-order valence-corrected chi connectivity index (χ1v) is 8.45. The first-order chi connectivity index (χ1) is 12.4. The first kappa shape index (κ1) is 16.9. The highest BCUT2D eigenvalue weighted by atomic mass is 19.4. The van der Waals surface area contributed by atoms with Gasteiger partial charge in [0.25, 0.3) is 5.91 Å². The number of nitrogens with zero attached hydrogens (tertiary/aromatic N) is 4. The lowest BCUT2D eigenvalue weighted by atomic mass is 9.96. The van der Waals surface area contributed by atoms with Gasteiger partial charge in [-0.3, -0.25) is 4.79 Å². The van der Waals surface area contributed by atoms with Crippen molar-refractivity contribution in [2.24, 2.45) is 0 Å². The van der Waals surface area contributed by atoms with Crippen LogP contribution in [-0.4, -0.2) is 44.2 Å². The third kappa shape index (κ3) is 3.25. The van der Waals surface area contributed by atoms with E-state index in [2.05, 4.69) is 14.9 Å². The minimum atomic E-state index is -4.78. The van der Waals surface area contributed by atoms with Gasteiger partial charge in [0.15, 0.2) is 0 Å². The van der Waals surface area contributed by atoms with E-state index in [1.54, 1.807) is 17.2 Å². The zero-order valence-corrected chi connectivity index (χ0v) is 13.8. The van der Waals surface area contributed by atoms with Crippen molar-refractivity contribution in [2.45, 2.75) is 50.2 Å². The lowest BCUT2D eigenvalue weighted by molar-refractivity contribution is -0.274. The van der Waals surface area contributed by atoms with Crippen LogP contribution in [0.1, 0.15) is 42.1 Å². The van der Waals surface area contributed by atoms with E-state index >= 15 is 0 Å². The number of fused-ring (bicyclic) bond motifs is 2. The van der Waals surface area contributed by atoms with Gasteiger partial charge in [-0.15, -0.1) is 13.2 Å². The van der Waals surface area contributed by atoms with E-state index in [-0.39, 0.29) is 35.3 Å². The molecule has 3 heterocycles. The molecule has 1 aromatic heterocycles. The number of aromatic nitrogens is 3. The van der Waals surface area contributed by atoms with Crippen molar-refractivity contribution >= 4 is 5.91 Å². The Balaban J connectivity index is 1.52. The second-order valence-electron chi connectivity index (χ2n) is 6.65. The predicted molar refractivity (Wildman–Crippen MR) is 84.4 cm³/mol. The number of hydrogen-bond donors (Lipinski definition) is 0. The molecule has 2 unspecified atom stereocenters. The summed E-state index contributed by atoms with van der Waals surface area (Å²) in [6, 6.07) is 5.49. The molecule has 2 bridgehead atoms. The maximum Gasteiger partial charge on any atom is 0.573 e. The fourth-order valence-electron chi connectivity index (χ4n) is 4.06. The molecule has 2 aromatic rings. The summed E-state index contributed by atoms with van der Waals surface area (Å²) in [5.41, 5.74) is 0.208. The molecule has 9 heteroatoms. The van der Waals surface area contributed by atoms with Crippen molar-refractivity contribution in [3.05, 3.63) is 42.2 Å². The minimum Gasteiger partial charge on any atom is -0.406 e. The van der Waals surface area contributed by atoms with Gasteiger partial charge in [0, 0.05) is 17.6 Å². The Hall–Kier alpha value is -2.58. The molecule has 26 heavy (non-hydrogen) atoms. The minimum absolute atomic E-state index is 0.0458. The van der Waals surface area contributed by atoms with E-state index in [1.165, 1.54) is 18.2 Å². The van der Waals surface area contributed by atoms with E-state index in [4.69, 9.17) is 0 Å². The van der Waals surface area contributed by atoms with Gasteiger partial charge < -0.3 is 9.64 Å². The molecule has 0 saturated carbocycles. The van der Waals surface area contributed by atoms with Crippen LogP contribution in [-0.2, 0) is 0 Å². The number of amides is 1. The van der Waals surface area contributed by atoms with Crippen molar-refractivity contribution in [1.82, 2.24) is 19.9 Å². The highest BCUT2D eigenvalue weighted by Crippen LogP contribution is 2.41. The fourth-order valence-corrected chi connectivity index (χ4v) is 4.06. The van der Waals surface area contributed by atoms with E-state index in [9.17, 15) is 18.0 Å². The molecule has 0 spiro atoms. The summed E-state index contributed by atoms with van der Waals surface area (Å²) in [6.45, 7) is 0. The van der Waals surface area contributed by atoms with Crippen LogP contribution in [0.3, 0.4) is 0 Å². The molecule has 2 aliphatic heterocycles. The highest BCUT2D eigenvalue weighted by Gasteiger charge is 2.44. The normalized spacial score (nSPS) is 25.3. The molecule has 1 amide bonds. The van der Waals surface area contributed by atoms with Crippen molar-refractivity contribution in [2.75, 3.05) is 0 Å². The number of ether oxygens (including phenoxy) is 1. The van der Waals surface area contributed by atoms with Gasteiger partial charge >= 0.3 is 6.36 Å². The van der Waals surface area contributed by atoms with Crippen LogP contribution < -0.4 is 4.74 Å². The number of piperidine rings is 1. The summed E-state index contributed by atoms with van der Waals surface area (Å²) in [5.74, 6) is -0.636. The summed E-state index contributed by atoms with van der Waals surface area (Å²) in [7, 11) is 0. The van der Waals surface area contributed by atoms with Crippen molar-refractivity contribution in [1.29, 1.82) is 0 Å². The van der Waals surface area contributed by atoms with Crippen molar-refractivity contribution in [3.8, 4) is 5.75 Å². The molecule has 2 fully saturated rings. The SMILES string of the molecule is O=C(c1cccc(OC(F)(F)F)c1)N1C2CCC1CC(n1nccn1)C2. The molecule has 138 valence electrons. The molecular formula is C17H17F3N4O2. The number of alkyl halides is 3. The Bertz CT molecular complexity index is 780. The van der Waals surface area contributed by atoms with Gasteiger partial charge in [-0.05, 0) is 43.9 Å². The number of carbonyl (C=O) groups is 1. The van der Waals surface area contributed by atoms with E-state index in [0.717, 1.165) is 31.7 Å². The van der Waals surface area contributed by atoms with Crippen LogP contribution >= 0.6 is 0 Å². The van der Waals surface area contributed by atoms with Crippen LogP contribution in [0.15, 0.2) is 36.7 Å². The number of benzene rings is 1. The Morgan fingerprint density at radius 2 is 1.73 bits per heavy atom. The maximum atomic E-state index is 12.9. The number of halogens is 3. The Labute approximate surface area is 147 Å². The number of carbonyl (C=O) groups excluding carboxylic acids is 1. The summed E-state index contributed by atoms with van der Waals surface area (Å²) in [5, 5.41) is 8.38. The van der Waals surface area contributed by atoms with Crippen LogP contribution in [0.5, 0.6) is 5.75 Å². The molecule has 2 saturated heterocycles. The number of rotatable bonds is 3. The zero-order valence-electron chi connectivity index (χ0n) is 13.8. The average Bonchev–Trinajstić information content (AvgIpc) is 3.20. The molecule has 4 rings (SSSR count). The van der Waals surface area contributed by atoms with E-state index < -0.39 is 6.36 Å². The van der Waals surface area contributed by atoms with Gasteiger partial charge in [0.05, 0.1) is 18.4 Å². The third-order valence-corrected chi connectivity index (χ3v) is 5.02. The number of hydrogen-bond acceptors (Lipinski definition) is 4. The van der Waals surface area contributed by atoms with Crippen molar-refractivity contribution in [3.63, 3.8) is 0 Å². The monoisotopic (exact) mass is 366 g/mol. The molecule has 1 aromatic carbocycles. The Kier molecular flexibility index (Phi) is 4.08. The average molecular weight is 366 g/mol. The highest BCUT2D eigenvalue weighted by molar-refractivity contribution is 5.95. The second-order valence-corrected chi connectivity index (χ2v) is 6.65. The second kappa shape index (κ2) is 6.30. The van der Waals surface area contributed by atoms with E-state index in [0.29, 0.717) is 0 Å². The third-order valence-electron chi connectivity index (χ3n) is 5.02. The smallest absolute Gasteiger partial charge is 0.406 e. The molecule has 0 aliphatic carbocycles. The summed E-state index contributed by atoms with van der Waals surface area (Å²) >= 11 is 0. The standard InChI is InChI=1S/C17H17F3N4O2/c18-17(19,20)26-15-3-1-2-11(8-15)16(25)23-12-4-5-13(23)10-14(9-12)24-21-6-7-22-24/h1-3,6-8,12-14H,4-5,9-10H2. The molecule has 2 aliphatic rings. The van der Waals surface area contributed by atoms with Gasteiger partial charge in [0.2, 0.25) is 0 Å². The lowest BCUT2D eigenvalue weighted by Crippen LogP contribution is -2.47. The first-order valence-electron chi connectivity index (χ1n) is 8.45. The van der Waals surface area contributed by atoms with Gasteiger partial charge in [-0.2, -0.15) is 15.0 Å². The lowest BCUT2D eigenvalue weighted by Gasteiger charge is -2.38.